The van der Waals surface area contributed by atoms with Gasteiger partial charge in [-0.15, -0.1) is 0 Å². The Morgan fingerprint density at radius 1 is 1.29 bits per heavy atom. The van der Waals surface area contributed by atoms with Crippen molar-refractivity contribution in [1.82, 2.24) is 19.8 Å². The van der Waals surface area contributed by atoms with Crippen molar-refractivity contribution in [2.75, 3.05) is 26.9 Å². The SMILES string of the molecule is COCCn1cccc1[C@H]1[C@H](c2ccccn2)NC(=S)N1CCO. The van der Waals surface area contributed by atoms with Crippen LogP contribution in [0.4, 0.5) is 0 Å². The number of pyridine rings is 1. The first-order valence-electron chi connectivity index (χ1n) is 7.99. The molecule has 24 heavy (non-hydrogen) atoms. The average molecular weight is 346 g/mol. The van der Waals surface area contributed by atoms with Crippen LogP contribution >= 0.6 is 12.2 Å². The Balaban J connectivity index is 1.98. The predicted molar refractivity (Wildman–Crippen MR) is 95.6 cm³/mol. The highest BCUT2D eigenvalue weighted by Crippen LogP contribution is 2.38. The van der Waals surface area contributed by atoms with Crippen LogP contribution in [0.15, 0.2) is 42.7 Å². The van der Waals surface area contributed by atoms with E-state index in [9.17, 15) is 5.11 Å². The minimum absolute atomic E-state index is 0.0218. The number of aliphatic hydroxyl groups is 1. The maximum absolute atomic E-state index is 9.46. The standard InChI is InChI=1S/C17H22N4O2S/c1-23-12-10-20-8-4-6-14(20)16-15(13-5-2-3-7-18-13)19-17(24)21(16)9-11-22/h2-8,15-16,22H,9-12H2,1H3,(H,19,24)/t15-,16-/m0/s1. The first kappa shape index (κ1) is 16.9. The molecule has 3 rings (SSSR count). The highest BCUT2D eigenvalue weighted by Gasteiger charge is 2.40. The van der Waals surface area contributed by atoms with Gasteiger partial charge in [0.2, 0.25) is 0 Å². The number of aromatic nitrogens is 2. The number of methoxy groups -OCH3 is 1. The molecule has 0 unspecified atom stereocenters. The maximum atomic E-state index is 9.46. The molecule has 0 aliphatic carbocycles. The number of nitrogens with zero attached hydrogens (tertiary/aromatic N) is 3. The molecule has 2 atom stereocenters. The predicted octanol–water partition coefficient (Wildman–Crippen LogP) is 1.49. The van der Waals surface area contributed by atoms with Crippen molar-refractivity contribution in [2.45, 2.75) is 18.6 Å². The molecule has 128 valence electrons. The third kappa shape index (κ3) is 3.28. The fraction of sp³-hybridized carbons (Fsp3) is 0.412. The Morgan fingerprint density at radius 3 is 2.88 bits per heavy atom. The number of rotatable bonds is 7. The summed E-state index contributed by atoms with van der Waals surface area (Å²) in [6.07, 6.45) is 3.83. The maximum Gasteiger partial charge on any atom is 0.170 e. The highest BCUT2D eigenvalue weighted by molar-refractivity contribution is 7.80. The van der Waals surface area contributed by atoms with E-state index in [4.69, 9.17) is 17.0 Å². The van der Waals surface area contributed by atoms with Crippen molar-refractivity contribution >= 4 is 17.3 Å². The van der Waals surface area contributed by atoms with Crippen LogP contribution in [0.3, 0.4) is 0 Å². The second kappa shape index (κ2) is 7.74. The number of nitrogens with one attached hydrogen (secondary N) is 1. The van der Waals surface area contributed by atoms with Gasteiger partial charge in [0.15, 0.2) is 5.11 Å². The number of ether oxygens (including phenoxy) is 1. The van der Waals surface area contributed by atoms with Gasteiger partial charge >= 0.3 is 0 Å². The summed E-state index contributed by atoms with van der Waals surface area (Å²) in [7, 11) is 1.70. The fourth-order valence-electron chi connectivity index (χ4n) is 3.16. The van der Waals surface area contributed by atoms with Crippen molar-refractivity contribution in [3.05, 3.63) is 54.1 Å². The van der Waals surface area contributed by atoms with Gasteiger partial charge in [-0.1, -0.05) is 6.07 Å². The molecule has 1 fully saturated rings. The summed E-state index contributed by atoms with van der Waals surface area (Å²) in [4.78, 5) is 6.53. The molecule has 1 aliphatic rings. The normalized spacial score (nSPS) is 20.4. The van der Waals surface area contributed by atoms with Crippen LogP contribution < -0.4 is 5.32 Å². The number of hydrogen-bond acceptors (Lipinski definition) is 4. The van der Waals surface area contributed by atoms with Crippen LogP contribution in [-0.2, 0) is 11.3 Å². The minimum Gasteiger partial charge on any atom is -0.395 e. The van der Waals surface area contributed by atoms with E-state index < -0.39 is 0 Å². The molecule has 0 spiro atoms. The third-order valence-electron chi connectivity index (χ3n) is 4.24. The summed E-state index contributed by atoms with van der Waals surface area (Å²) in [5.41, 5.74) is 2.06. The molecule has 0 saturated carbocycles. The van der Waals surface area contributed by atoms with E-state index in [1.54, 1.807) is 13.3 Å². The van der Waals surface area contributed by atoms with E-state index in [2.05, 4.69) is 20.9 Å². The van der Waals surface area contributed by atoms with Gasteiger partial charge < -0.3 is 24.6 Å². The Bertz CT molecular complexity index is 676. The van der Waals surface area contributed by atoms with E-state index in [1.807, 2.05) is 35.4 Å². The van der Waals surface area contributed by atoms with Gasteiger partial charge in [0.25, 0.3) is 0 Å². The quantitative estimate of drug-likeness (QED) is 0.741. The Labute approximate surface area is 147 Å². The monoisotopic (exact) mass is 346 g/mol. The zero-order valence-electron chi connectivity index (χ0n) is 13.6. The van der Waals surface area contributed by atoms with E-state index in [0.717, 1.165) is 17.9 Å². The minimum atomic E-state index is -0.0542. The molecular weight excluding hydrogens is 324 g/mol. The first-order chi connectivity index (χ1) is 11.8. The van der Waals surface area contributed by atoms with Gasteiger partial charge in [-0.3, -0.25) is 4.98 Å². The Hall–Kier alpha value is -1.96. The van der Waals surface area contributed by atoms with Crippen molar-refractivity contribution in [2.24, 2.45) is 0 Å². The van der Waals surface area contributed by atoms with E-state index in [-0.39, 0.29) is 18.7 Å². The zero-order valence-corrected chi connectivity index (χ0v) is 14.4. The van der Waals surface area contributed by atoms with Crippen molar-refractivity contribution in [3.8, 4) is 0 Å². The average Bonchev–Trinajstić information content (AvgIpc) is 3.19. The first-order valence-corrected chi connectivity index (χ1v) is 8.40. The third-order valence-corrected chi connectivity index (χ3v) is 4.60. The van der Waals surface area contributed by atoms with Crippen LogP contribution in [0.1, 0.15) is 23.5 Å². The second-order valence-electron chi connectivity index (χ2n) is 5.66. The summed E-state index contributed by atoms with van der Waals surface area (Å²) < 4.78 is 7.38. The Morgan fingerprint density at radius 2 is 2.17 bits per heavy atom. The van der Waals surface area contributed by atoms with Gasteiger partial charge in [0.1, 0.15) is 0 Å². The van der Waals surface area contributed by atoms with E-state index in [1.165, 1.54) is 0 Å². The molecule has 3 heterocycles. The molecule has 6 nitrogen and oxygen atoms in total. The zero-order chi connectivity index (χ0) is 16.9. The van der Waals surface area contributed by atoms with Gasteiger partial charge in [-0.2, -0.15) is 0 Å². The highest BCUT2D eigenvalue weighted by atomic mass is 32.1. The van der Waals surface area contributed by atoms with Gasteiger partial charge in [-0.05, 0) is 36.5 Å². The van der Waals surface area contributed by atoms with Crippen molar-refractivity contribution < 1.29 is 9.84 Å². The summed E-state index contributed by atoms with van der Waals surface area (Å²) in [5.74, 6) is 0. The lowest BCUT2D eigenvalue weighted by atomic mass is 10.0. The molecule has 0 radical (unpaired) electrons. The molecule has 0 bridgehead atoms. The van der Waals surface area contributed by atoms with Crippen LogP contribution in [-0.4, -0.2) is 51.5 Å². The lowest BCUT2D eigenvalue weighted by Gasteiger charge is -2.28. The van der Waals surface area contributed by atoms with Gasteiger partial charge in [0.05, 0.1) is 31.0 Å². The molecule has 7 heteroatoms. The van der Waals surface area contributed by atoms with Crippen molar-refractivity contribution in [1.29, 1.82) is 0 Å². The number of β-amino-alcohol motifs (C(OH)–C–C–N with tert-alkyl or cyclic N) is 1. The largest absolute Gasteiger partial charge is 0.395 e. The summed E-state index contributed by atoms with van der Waals surface area (Å²) in [6, 6.07) is 9.92. The Kier molecular flexibility index (Phi) is 5.44. The second-order valence-corrected chi connectivity index (χ2v) is 6.05. The molecule has 0 amide bonds. The van der Waals surface area contributed by atoms with Crippen LogP contribution in [0.5, 0.6) is 0 Å². The fourth-order valence-corrected chi connectivity index (χ4v) is 3.50. The number of hydrogen-bond donors (Lipinski definition) is 2. The molecule has 2 aromatic rings. The molecule has 2 N–H and O–H groups in total. The summed E-state index contributed by atoms with van der Waals surface area (Å²) >= 11 is 5.51. The van der Waals surface area contributed by atoms with Crippen LogP contribution in [0.25, 0.3) is 0 Å². The molecule has 1 saturated heterocycles. The lowest BCUT2D eigenvalue weighted by molar-refractivity contribution is 0.181. The van der Waals surface area contributed by atoms with E-state index in [0.29, 0.717) is 18.3 Å². The molecule has 1 aliphatic heterocycles. The van der Waals surface area contributed by atoms with Crippen molar-refractivity contribution in [3.63, 3.8) is 0 Å². The molecular formula is C17H22N4O2S. The topological polar surface area (TPSA) is 62.5 Å². The summed E-state index contributed by atoms with van der Waals surface area (Å²) in [5, 5.41) is 13.5. The number of aliphatic hydroxyl groups excluding tert-OH is 1. The lowest BCUT2D eigenvalue weighted by Crippen LogP contribution is -2.33. The van der Waals surface area contributed by atoms with Gasteiger partial charge in [-0.25, -0.2) is 0 Å². The summed E-state index contributed by atoms with van der Waals surface area (Å²) in [6.45, 7) is 1.94. The smallest absolute Gasteiger partial charge is 0.170 e. The molecule has 0 aromatic carbocycles. The van der Waals surface area contributed by atoms with Crippen LogP contribution in [0.2, 0.25) is 0 Å². The van der Waals surface area contributed by atoms with Gasteiger partial charge in [0, 0.05) is 38.3 Å². The number of thiocarbonyl (C=S) groups is 1. The molecule has 2 aromatic heterocycles. The van der Waals surface area contributed by atoms with E-state index >= 15 is 0 Å². The van der Waals surface area contributed by atoms with Crippen LogP contribution in [0, 0.1) is 0 Å².